The van der Waals surface area contributed by atoms with Crippen LogP contribution in [0.4, 0.5) is 0 Å². The molecule has 1 amide bonds. The number of aryl methyl sites for hydroxylation is 1. The largest absolute Gasteiger partial charge is 0.497 e. The van der Waals surface area contributed by atoms with E-state index in [4.69, 9.17) is 13.9 Å². The van der Waals surface area contributed by atoms with Gasteiger partial charge in [-0.25, -0.2) is 4.98 Å². The van der Waals surface area contributed by atoms with Crippen LogP contribution < -0.4 is 14.8 Å². The predicted octanol–water partition coefficient (Wildman–Crippen LogP) is 4.22. The summed E-state index contributed by atoms with van der Waals surface area (Å²) in [6, 6.07) is 5.20. The number of hydrogen-bond donors (Lipinski definition) is 1. The van der Waals surface area contributed by atoms with Crippen LogP contribution in [0.1, 0.15) is 53.5 Å². The molecule has 0 unspecified atom stereocenters. The molecule has 0 atom stereocenters. The van der Waals surface area contributed by atoms with Crippen molar-refractivity contribution < 1.29 is 18.7 Å². The summed E-state index contributed by atoms with van der Waals surface area (Å²) in [5, 5.41) is 11.5. The third-order valence-electron chi connectivity index (χ3n) is 5.78. The van der Waals surface area contributed by atoms with E-state index in [1.807, 2.05) is 6.92 Å². The number of aromatic nitrogens is 3. The van der Waals surface area contributed by atoms with E-state index in [2.05, 4.69) is 20.5 Å². The van der Waals surface area contributed by atoms with Crippen molar-refractivity contribution in [1.82, 2.24) is 20.5 Å². The summed E-state index contributed by atoms with van der Waals surface area (Å²) < 4.78 is 16.5. The van der Waals surface area contributed by atoms with E-state index in [0.29, 0.717) is 41.3 Å². The van der Waals surface area contributed by atoms with Crippen molar-refractivity contribution in [2.24, 2.45) is 5.92 Å². The van der Waals surface area contributed by atoms with Gasteiger partial charge >= 0.3 is 0 Å². The molecule has 8 nitrogen and oxygen atoms in total. The number of benzene rings is 1. The molecular weight excluding hydrogens is 416 g/mol. The first kappa shape index (κ1) is 21.3. The minimum absolute atomic E-state index is 0.136. The lowest BCUT2D eigenvalue weighted by Crippen LogP contribution is -2.31. The quantitative estimate of drug-likeness (QED) is 0.585. The Hall–Kier alpha value is -2.94. The molecule has 164 valence electrons. The fourth-order valence-corrected chi connectivity index (χ4v) is 4.65. The number of carbonyl (C=O) groups excluding carboxylic acids is 1. The lowest BCUT2D eigenvalue weighted by Gasteiger charge is -2.26. The maximum absolute atomic E-state index is 12.6. The Morgan fingerprint density at radius 1 is 1.19 bits per heavy atom. The first-order valence-electron chi connectivity index (χ1n) is 10.3. The summed E-state index contributed by atoms with van der Waals surface area (Å²) >= 11 is 1.51. The zero-order valence-electron chi connectivity index (χ0n) is 17.9. The average Bonchev–Trinajstić information content (AvgIpc) is 3.46. The SMILES string of the molecule is COc1ccc(C(=O)NCC2CCC(c3nnc(-c4scnc4C)o3)CC2)c(OC)c1. The Kier molecular flexibility index (Phi) is 6.50. The maximum Gasteiger partial charge on any atom is 0.259 e. The van der Waals surface area contributed by atoms with Crippen molar-refractivity contribution >= 4 is 17.2 Å². The second-order valence-electron chi connectivity index (χ2n) is 7.71. The predicted molar refractivity (Wildman–Crippen MR) is 117 cm³/mol. The van der Waals surface area contributed by atoms with Gasteiger partial charge in [-0.3, -0.25) is 4.79 Å². The van der Waals surface area contributed by atoms with Crippen LogP contribution in [0.5, 0.6) is 11.5 Å². The molecule has 2 aromatic heterocycles. The second-order valence-corrected chi connectivity index (χ2v) is 8.56. The van der Waals surface area contributed by atoms with E-state index in [1.54, 1.807) is 37.9 Å². The third kappa shape index (κ3) is 4.71. The molecule has 31 heavy (non-hydrogen) atoms. The van der Waals surface area contributed by atoms with Gasteiger partial charge in [-0.2, -0.15) is 0 Å². The van der Waals surface area contributed by atoms with Crippen molar-refractivity contribution in [3.8, 4) is 22.3 Å². The smallest absolute Gasteiger partial charge is 0.259 e. The van der Waals surface area contributed by atoms with Crippen LogP contribution in [-0.2, 0) is 0 Å². The number of carbonyl (C=O) groups is 1. The summed E-state index contributed by atoms with van der Waals surface area (Å²) in [5.74, 6) is 2.97. The van der Waals surface area contributed by atoms with E-state index in [-0.39, 0.29) is 11.8 Å². The molecule has 0 aliphatic heterocycles. The number of nitrogens with zero attached hydrogens (tertiary/aromatic N) is 3. The van der Waals surface area contributed by atoms with E-state index >= 15 is 0 Å². The first-order chi connectivity index (χ1) is 15.1. The molecule has 0 spiro atoms. The van der Waals surface area contributed by atoms with Gasteiger partial charge in [0.15, 0.2) is 0 Å². The minimum Gasteiger partial charge on any atom is -0.497 e. The molecule has 0 bridgehead atoms. The Bertz CT molecular complexity index is 1040. The molecule has 1 aliphatic carbocycles. The molecule has 0 radical (unpaired) electrons. The Morgan fingerprint density at radius 2 is 2.00 bits per heavy atom. The van der Waals surface area contributed by atoms with Crippen LogP contribution in [-0.4, -0.2) is 41.9 Å². The molecule has 0 saturated heterocycles. The highest BCUT2D eigenvalue weighted by molar-refractivity contribution is 7.13. The van der Waals surface area contributed by atoms with Crippen LogP contribution in [0.2, 0.25) is 0 Å². The molecule has 2 heterocycles. The van der Waals surface area contributed by atoms with E-state index in [0.717, 1.165) is 36.3 Å². The first-order valence-corrected chi connectivity index (χ1v) is 11.2. The minimum atomic E-state index is -0.136. The van der Waals surface area contributed by atoms with Crippen LogP contribution in [0.3, 0.4) is 0 Å². The fourth-order valence-electron chi connectivity index (χ4n) is 3.93. The fraction of sp³-hybridized carbons (Fsp3) is 0.455. The van der Waals surface area contributed by atoms with Crippen LogP contribution in [0.15, 0.2) is 28.1 Å². The highest BCUT2D eigenvalue weighted by Gasteiger charge is 2.27. The van der Waals surface area contributed by atoms with Gasteiger partial charge in [0.05, 0.1) is 31.0 Å². The lowest BCUT2D eigenvalue weighted by molar-refractivity contribution is 0.0939. The number of rotatable bonds is 7. The number of nitrogens with one attached hydrogen (secondary N) is 1. The van der Waals surface area contributed by atoms with Gasteiger partial charge in [-0.05, 0) is 50.7 Å². The number of methoxy groups -OCH3 is 2. The average molecular weight is 443 g/mol. The summed E-state index contributed by atoms with van der Waals surface area (Å²) in [4.78, 5) is 17.8. The monoisotopic (exact) mass is 442 g/mol. The molecular formula is C22H26N4O4S. The van der Waals surface area contributed by atoms with Gasteiger partial charge in [0.25, 0.3) is 11.8 Å². The number of amides is 1. The molecule has 9 heteroatoms. The van der Waals surface area contributed by atoms with Gasteiger partial charge in [0, 0.05) is 18.5 Å². The lowest BCUT2D eigenvalue weighted by atomic mass is 9.82. The van der Waals surface area contributed by atoms with Gasteiger partial charge in [0.1, 0.15) is 16.4 Å². The number of ether oxygens (including phenoxy) is 2. The Morgan fingerprint density at radius 3 is 2.68 bits per heavy atom. The molecule has 1 saturated carbocycles. The third-order valence-corrected chi connectivity index (χ3v) is 6.70. The molecule has 1 fully saturated rings. The van der Waals surface area contributed by atoms with Gasteiger partial charge in [0.2, 0.25) is 5.89 Å². The van der Waals surface area contributed by atoms with Crippen molar-refractivity contribution in [3.63, 3.8) is 0 Å². The summed E-state index contributed by atoms with van der Waals surface area (Å²) in [5.41, 5.74) is 3.21. The van der Waals surface area contributed by atoms with Gasteiger partial charge < -0.3 is 19.2 Å². The van der Waals surface area contributed by atoms with Crippen molar-refractivity contribution in [3.05, 3.63) is 40.9 Å². The Labute approximate surface area is 185 Å². The van der Waals surface area contributed by atoms with Gasteiger partial charge in [-0.15, -0.1) is 21.5 Å². The Balaban J connectivity index is 1.29. The van der Waals surface area contributed by atoms with E-state index in [1.165, 1.54) is 11.3 Å². The van der Waals surface area contributed by atoms with Crippen LogP contribution >= 0.6 is 11.3 Å². The van der Waals surface area contributed by atoms with Crippen molar-refractivity contribution in [2.45, 2.75) is 38.5 Å². The molecule has 1 aromatic carbocycles. The van der Waals surface area contributed by atoms with Crippen molar-refractivity contribution in [1.29, 1.82) is 0 Å². The zero-order valence-corrected chi connectivity index (χ0v) is 18.7. The molecule has 3 aromatic rings. The molecule has 1 N–H and O–H groups in total. The van der Waals surface area contributed by atoms with Gasteiger partial charge in [-0.1, -0.05) is 0 Å². The summed E-state index contributed by atoms with van der Waals surface area (Å²) in [6.45, 7) is 2.58. The second kappa shape index (κ2) is 9.47. The van der Waals surface area contributed by atoms with E-state index in [9.17, 15) is 4.79 Å². The van der Waals surface area contributed by atoms with Crippen molar-refractivity contribution in [2.75, 3.05) is 20.8 Å². The normalized spacial score (nSPS) is 18.5. The van der Waals surface area contributed by atoms with E-state index < -0.39 is 0 Å². The highest BCUT2D eigenvalue weighted by atomic mass is 32.1. The summed E-state index contributed by atoms with van der Waals surface area (Å²) in [6.07, 6.45) is 3.94. The summed E-state index contributed by atoms with van der Waals surface area (Å²) in [7, 11) is 3.13. The number of hydrogen-bond acceptors (Lipinski definition) is 8. The van der Waals surface area contributed by atoms with Crippen LogP contribution in [0.25, 0.3) is 10.8 Å². The molecule has 1 aliphatic rings. The standard InChI is InChI=1S/C22H26N4O4S/c1-13-19(31-12-24-13)22-26-25-21(30-22)15-6-4-14(5-7-15)11-23-20(27)17-9-8-16(28-2)10-18(17)29-3/h8-10,12,14-15H,4-7,11H2,1-3H3,(H,23,27). The molecule has 4 rings (SSSR count). The zero-order chi connectivity index (χ0) is 21.8. The number of thiazole rings is 1. The maximum atomic E-state index is 12.6. The van der Waals surface area contributed by atoms with Crippen LogP contribution in [0, 0.1) is 12.8 Å². The topological polar surface area (TPSA) is 99.4 Å². The highest BCUT2D eigenvalue weighted by Crippen LogP contribution is 2.36.